The average Bonchev–Trinajstić information content (AvgIpc) is 2.68. The predicted molar refractivity (Wildman–Crippen MR) is 106 cm³/mol. The van der Waals surface area contributed by atoms with Gasteiger partial charge in [-0.25, -0.2) is 4.79 Å². The van der Waals surface area contributed by atoms with Crippen molar-refractivity contribution in [1.29, 1.82) is 0 Å². The zero-order chi connectivity index (χ0) is 20.3. The van der Waals surface area contributed by atoms with Crippen LogP contribution in [0.2, 0.25) is 0 Å². The molecule has 1 amide bonds. The van der Waals surface area contributed by atoms with E-state index in [1.54, 1.807) is 25.1 Å². The summed E-state index contributed by atoms with van der Waals surface area (Å²) in [7, 11) is 2.86. The number of nitrogens with one attached hydrogen (secondary N) is 1. The molecule has 0 heterocycles. The van der Waals surface area contributed by atoms with Crippen molar-refractivity contribution >= 4 is 17.6 Å². The first kappa shape index (κ1) is 23.0. The number of amides is 1. The maximum Gasteiger partial charge on any atom is 0.341 e. The molecule has 6 heteroatoms. The lowest BCUT2D eigenvalue weighted by Gasteiger charge is -2.27. The van der Waals surface area contributed by atoms with Crippen molar-refractivity contribution in [2.45, 2.75) is 64.9 Å². The predicted octanol–water partition coefficient (Wildman–Crippen LogP) is 4.58. The Morgan fingerprint density at radius 1 is 1.07 bits per heavy atom. The van der Waals surface area contributed by atoms with Gasteiger partial charge in [0.05, 0.1) is 13.7 Å². The summed E-state index contributed by atoms with van der Waals surface area (Å²) in [5, 5.41) is 2.85. The second-order valence-corrected chi connectivity index (χ2v) is 6.75. The maximum absolute atomic E-state index is 12.7. The lowest BCUT2D eigenvalue weighted by Crippen LogP contribution is -2.42. The fourth-order valence-corrected chi connectivity index (χ4v) is 2.61. The maximum atomic E-state index is 12.7. The molecule has 0 aliphatic heterocycles. The molecular formula is C21H33NO5. The zero-order valence-electron chi connectivity index (χ0n) is 17.2. The SMILES string of the molecule is CCCCC[C@](C)(OC)C(=O)Nc1ccc(OCCCC)c(C(=O)OC)c1. The summed E-state index contributed by atoms with van der Waals surface area (Å²) >= 11 is 0. The molecule has 6 nitrogen and oxygen atoms in total. The van der Waals surface area contributed by atoms with Crippen molar-refractivity contribution < 1.29 is 23.8 Å². The lowest BCUT2D eigenvalue weighted by molar-refractivity contribution is -0.136. The molecule has 152 valence electrons. The van der Waals surface area contributed by atoms with Gasteiger partial charge in [-0.05, 0) is 38.0 Å². The van der Waals surface area contributed by atoms with Crippen molar-refractivity contribution in [1.82, 2.24) is 0 Å². The Balaban J connectivity index is 2.95. The third-order valence-electron chi connectivity index (χ3n) is 4.59. The van der Waals surface area contributed by atoms with Crippen LogP contribution in [0.5, 0.6) is 5.75 Å². The number of benzene rings is 1. The Morgan fingerprint density at radius 2 is 1.78 bits per heavy atom. The second-order valence-electron chi connectivity index (χ2n) is 6.75. The molecule has 0 aliphatic rings. The highest BCUT2D eigenvalue weighted by Crippen LogP contribution is 2.26. The first-order valence-corrected chi connectivity index (χ1v) is 9.63. The molecule has 0 spiro atoms. The van der Waals surface area contributed by atoms with E-state index in [-0.39, 0.29) is 11.5 Å². The van der Waals surface area contributed by atoms with Crippen LogP contribution in [0.4, 0.5) is 5.69 Å². The highest BCUT2D eigenvalue weighted by atomic mass is 16.5. The van der Waals surface area contributed by atoms with Gasteiger partial charge < -0.3 is 19.5 Å². The molecule has 0 aliphatic carbocycles. The summed E-state index contributed by atoms with van der Waals surface area (Å²) in [6, 6.07) is 4.97. The number of hydrogen-bond donors (Lipinski definition) is 1. The van der Waals surface area contributed by atoms with Crippen LogP contribution < -0.4 is 10.1 Å². The smallest absolute Gasteiger partial charge is 0.341 e. The quantitative estimate of drug-likeness (QED) is 0.425. The number of ether oxygens (including phenoxy) is 3. The van der Waals surface area contributed by atoms with Gasteiger partial charge >= 0.3 is 5.97 Å². The summed E-state index contributed by atoms with van der Waals surface area (Å²) < 4.78 is 16.0. The van der Waals surface area contributed by atoms with Crippen LogP contribution in [0.15, 0.2) is 18.2 Å². The minimum Gasteiger partial charge on any atom is -0.493 e. The molecule has 0 radical (unpaired) electrons. The molecular weight excluding hydrogens is 346 g/mol. The number of methoxy groups -OCH3 is 2. The highest BCUT2D eigenvalue weighted by molar-refractivity contribution is 5.99. The molecule has 1 aromatic carbocycles. The van der Waals surface area contributed by atoms with Gasteiger partial charge in [-0.1, -0.05) is 39.5 Å². The summed E-state index contributed by atoms with van der Waals surface area (Å²) in [5.74, 6) is -0.294. The number of anilines is 1. The second kappa shape index (κ2) is 11.6. The van der Waals surface area contributed by atoms with Crippen LogP contribution >= 0.6 is 0 Å². The van der Waals surface area contributed by atoms with Gasteiger partial charge in [-0.3, -0.25) is 4.79 Å². The number of hydrogen-bond acceptors (Lipinski definition) is 5. The van der Waals surface area contributed by atoms with Crippen LogP contribution in [-0.4, -0.2) is 38.3 Å². The van der Waals surface area contributed by atoms with Gasteiger partial charge in [0, 0.05) is 12.8 Å². The Morgan fingerprint density at radius 3 is 2.37 bits per heavy atom. The van der Waals surface area contributed by atoms with Gasteiger partial charge in [-0.15, -0.1) is 0 Å². The molecule has 0 unspecified atom stereocenters. The van der Waals surface area contributed by atoms with E-state index in [1.165, 1.54) is 14.2 Å². The lowest BCUT2D eigenvalue weighted by atomic mass is 9.96. The van der Waals surface area contributed by atoms with E-state index < -0.39 is 11.6 Å². The van der Waals surface area contributed by atoms with Gasteiger partial charge in [0.1, 0.15) is 16.9 Å². The average molecular weight is 379 g/mol. The minimum absolute atomic E-state index is 0.239. The molecule has 0 fully saturated rings. The van der Waals surface area contributed by atoms with Crippen molar-refractivity contribution in [3.05, 3.63) is 23.8 Å². The third kappa shape index (κ3) is 6.86. The van der Waals surface area contributed by atoms with E-state index in [4.69, 9.17) is 14.2 Å². The number of carbonyl (C=O) groups excluding carboxylic acids is 2. The van der Waals surface area contributed by atoms with Crippen molar-refractivity contribution in [3.63, 3.8) is 0 Å². The highest BCUT2D eigenvalue weighted by Gasteiger charge is 2.32. The van der Waals surface area contributed by atoms with Crippen LogP contribution in [0.25, 0.3) is 0 Å². The number of unbranched alkanes of at least 4 members (excludes halogenated alkanes) is 3. The molecule has 1 atom stereocenters. The number of rotatable bonds is 12. The van der Waals surface area contributed by atoms with E-state index in [1.807, 2.05) is 0 Å². The number of carbonyl (C=O) groups is 2. The largest absolute Gasteiger partial charge is 0.493 e. The molecule has 1 N–H and O–H groups in total. The molecule has 0 aromatic heterocycles. The van der Waals surface area contributed by atoms with Gasteiger partial charge in [0.25, 0.3) is 5.91 Å². The molecule has 0 bridgehead atoms. The molecule has 0 saturated carbocycles. The summed E-state index contributed by atoms with van der Waals surface area (Å²) in [4.78, 5) is 24.8. The van der Waals surface area contributed by atoms with Gasteiger partial charge in [-0.2, -0.15) is 0 Å². The van der Waals surface area contributed by atoms with Crippen molar-refractivity contribution in [2.75, 3.05) is 26.1 Å². The fourth-order valence-electron chi connectivity index (χ4n) is 2.61. The molecule has 1 rings (SSSR count). The first-order valence-electron chi connectivity index (χ1n) is 9.63. The Labute approximate surface area is 162 Å². The van der Waals surface area contributed by atoms with E-state index in [2.05, 4.69) is 19.2 Å². The summed E-state index contributed by atoms with van der Waals surface area (Å²) in [6.07, 6.45) is 5.54. The molecule has 27 heavy (non-hydrogen) atoms. The molecule has 1 aromatic rings. The molecule has 0 saturated heterocycles. The van der Waals surface area contributed by atoms with Crippen LogP contribution in [0.3, 0.4) is 0 Å². The van der Waals surface area contributed by atoms with Gasteiger partial charge in [0.15, 0.2) is 0 Å². The fraction of sp³-hybridized carbons (Fsp3) is 0.619. The monoisotopic (exact) mass is 379 g/mol. The third-order valence-corrected chi connectivity index (χ3v) is 4.59. The van der Waals surface area contributed by atoms with Crippen LogP contribution in [0.1, 0.15) is 69.7 Å². The minimum atomic E-state index is -0.920. The van der Waals surface area contributed by atoms with E-state index in [0.717, 1.165) is 32.1 Å². The Bertz CT molecular complexity index is 617. The van der Waals surface area contributed by atoms with Crippen LogP contribution in [0, 0.1) is 0 Å². The van der Waals surface area contributed by atoms with Crippen LogP contribution in [-0.2, 0) is 14.3 Å². The topological polar surface area (TPSA) is 73.9 Å². The Kier molecular flexibility index (Phi) is 9.86. The van der Waals surface area contributed by atoms with Crippen molar-refractivity contribution in [3.8, 4) is 5.75 Å². The standard InChI is InChI=1S/C21H33NO5/c1-6-8-10-13-21(3,26-5)20(24)22-16-11-12-18(27-14-9-7-2)17(15-16)19(23)25-4/h11-12,15H,6-10,13-14H2,1-5H3,(H,22,24)/t21-/m0/s1. The van der Waals surface area contributed by atoms with E-state index in [0.29, 0.717) is 24.5 Å². The van der Waals surface area contributed by atoms with Gasteiger partial charge in [0.2, 0.25) is 0 Å². The van der Waals surface area contributed by atoms with Crippen molar-refractivity contribution in [2.24, 2.45) is 0 Å². The van der Waals surface area contributed by atoms with E-state index in [9.17, 15) is 9.59 Å². The summed E-state index contributed by atoms with van der Waals surface area (Å²) in [6.45, 7) is 6.48. The zero-order valence-corrected chi connectivity index (χ0v) is 17.2. The number of esters is 1. The first-order chi connectivity index (χ1) is 12.9. The summed E-state index contributed by atoms with van der Waals surface area (Å²) in [5.41, 5.74) is -0.129. The Hall–Kier alpha value is -2.08. The van der Waals surface area contributed by atoms with E-state index >= 15 is 0 Å². The normalized spacial score (nSPS) is 12.9.